The van der Waals surface area contributed by atoms with Crippen LogP contribution in [0.5, 0.6) is 0 Å². The number of anilines is 1. The van der Waals surface area contributed by atoms with Gasteiger partial charge in [-0.1, -0.05) is 19.8 Å². The third-order valence-corrected chi connectivity index (χ3v) is 3.20. The molecule has 5 N–H and O–H groups in total. The van der Waals surface area contributed by atoms with Crippen LogP contribution in [-0.4, -0.2) is 21.9 Å². The molecule has 2 aromatic rings. The molecule has 21 heavy (non-hydrogen) atoms. The Kier molecular flexibility index (Phi) is 4.54. The minimum atomic E-state index is -0.731. The summed E-state index contributed by atoms with van der Waals surface area (Å²) in [5, 5.41) is 2.70. The van der Waals surface area contributed by atoms with Gasteiger partial charge in [-0.3, -0.25) is 14.4 Å². The predicted octanol–water partition coefficient (Wildman–Crippen LogP) is 0.672. The van der Waals surface area contributed by atoms with Crippen LogP contribution in [0.25, 0.3) is 11.0 Å². The van der Waals surface area contributed by atoms with Crippen molar-refractivity contribution in [3.05, 3.63) is 38.9 Å². The molecule has 1 heterocycles. The van der Waals surface area contributed by atoms with E-state index in [2.05, 4.69) is 15.3 Å². The Morgan fingerprint density at radius 2 is 1.90 bits per heavy atom. The van der Waals surface area contributed by atoms with E-state index in [0.29, 0.717) is 23.1 Å². The second-order valence-corrected chi connectivity index (χ2v) is 4.91. The zero-order valence-electron chi connectivity index (χ0n) is 11.7. The lowest BCUT2D eigenvalue weighted by atomic mass is 10.1. The SMILES string of the molecule is CCCCC(N)C(=O)Nc1ccc2[nH]c(=O)c(=O)[nH]c2c1. The number of H-pyrrole nitrogens is 2. The number of unbranched alkanes of at least 4 members (excludes halogenated alkanes) is 1. The fraction of sp³-hybridized carbons (Fsp3) is 0.357. The van der Waals surface area contributed by atoms with E-state index in [-0.39, 0.29) is 5.91 Å². The molecule has 1 unspecified atom stereocenters. The van der Waals surface area contributed by atoms with E-state index >= 15 is 0 Å². The van der Waals surface area contributed by atoms with Crippen LogP contribution in [0.3, 0.4) is 0 Å². The zero-order valence-corrected chi connectivity index (χ0v) is 11.7. The summed E-state index contributed by atoms with van der Waals surface area (Å²) in [5.41, 5.74) is 5.81. The molecule has 0 aliphatic heterocycles. The molecule has 1 amide bonds. The highest BCUT2D eigenvalue weighted by molar-refractivity contribution is 5.96. The molecule has 1 aromatic heterocycles. The van der Waals surface area contributed by atoms with Gasteiger partial charge in [0.1, 0.15) is 0 Å². The van der Waals surface area contributed by atoms with Gasteiger partial charge >= 0.3 is 11.1 Å². The van der Waals surface area contributed by atoms with Crippen LogP contribution in [-0.2, 0) is 4.79 Å². The van der Waals surface area contributed by atoms with Crippen molar-refractivity contribution in [1.29, 1.82) is 0 Å². The number of hydrogen-bond acceptors (Lipinski definition) is 4. The molecule has 0 saturated heterocycles. The molecule has 2 rings (SSSR count). The van der Waals surface area contributed by atoms with Crippen molar-refractivity contribution in [2.75, 3.05) is 5.32 Å². The largest absolute Gasteiger partial charge is 0.325 e. The summed E-state index contributed by atoms with van der Waals surface area (Å²) in [4.78, 5) is 39.3. The lowest BCUT2D eigenvalue weighted by molar-refractivity contribution is -0.117. The Labute approximate surface area is 120 Å². The Bertz CT molecular complexity index is 763. The third kappa shape index (κ3) is 3.57. The molecule has 1 aromatic carbocycles. The number of fused-ring (bicyclic) bond motifs is 1. The first-order valence-electron chi connectivity index (χ1n) is 6.84. The topological polar surface area (TPSA) is 121 Å². The van der Waals surface area contributed by atoms with Crippen molar-refractivity contribution >= 4 is 22.6 Å². The average molecular weight is 290 g/mol. The molecular formula is C14H18N4O3. The summed E-state index contributed by atoms with van der Waals surface area (Å²) in [6.45, 7) is 2.03. The minimum absolute atomic E-state index is 0.269. The van der Waals surface area contributed by atoms with Gasteiger partial charge < -0.3 is 21.0 Å². The lowest BCUT2D eigenvalue weighted by Gasteiger charge is -2.12. The van der Waals surface area contributed by atoms with Crippen molar-refractivity contribution in [3.63, 3.8) is 0 Å². The first kappa shape index (κ1) is 15.0. The van der Waals surface area contributed by atoms with E-state index in [1.807, 2.05) is 6.92 Å². The Hall–Kier alpha value is -2.41. The maximum absolute atomic E-state index is 11.9. The van der Waals surface area contributed by atoms with Gasteiger partial charge in [0.25, 0.3) is 0 Å². The van der Waals surface area contributed by atoms with Crippen LogP contribution in [0.4, 0.5) is 5.69 Å². The van der Waals surface area contributed by atoms with Crippen molar-refractivity contribution in [2.24, 2.45) is 5.73 Å². The number of rotatable bonds is 5. The monoisotopic (exact) mass is 290 g/mol. The number of aromatic nitrogens is 2. The van der Waals surface area contributed by atoms with Crippen LogP contribution < -0.4 is 22.2 Å². The van der Waals surface area contributed by atoms with Gasteiger partial charge in [-0.2, -0.15) is 0 Å². The van der Waals surface area contributed by atoms with Crippen LogP contribution in [0.1, 0.15) is 26.2 Å². The van der Waals surface area contributed by atoms with E-state index < -0.39 is 17.2 Å². The number of amides is 1. The van der Waals surface area contributed by atoms with Gasteiger partial charge in [0.15, 0.2) is 0 Å². The lowest BCUT2D eigenvalue weighted by Crippen LogP contribution is -2.35. The molecule has 0 bridgehead atoms. The number of benzene rings is 1. The summed E-state index contributed by atoms with van der Waals surface area (Å²) in [6.07, 6.45) is 2.49. The fourth-order valence-electron chi connectivity index (χ4n) is 1.98. The first-order valence-corrected chi connectivity index (χ1v) is 6.84. The van der Waals surface area contributed by atoms with Gasteiger partial charge in [-0.05, 0) is 24.6 Å². The van der Waals surface area contributed by atoms with Crippen molar-refractivity contribution < 1.29 is 4.79 Å². The van der Waals surface area contributed by atoms with Gasteiger partial charge in [0.05, 0.1) is 17.1 Å². The molecule has 0 aliphatic carbocycles. The fourth-order valence-corrected chi connectivity index (χ4v) is 1.98. The molecule has 1 atom stereocenters. The van der Waals surface area contributed by atoms with E-state index in [0.717, 1.165) is 12.8 Å². The van der Waals surface area contributed by atoms with Crippen molar-refractivity contribution in [2.45, 2.75) is 32.2 Å². The van der Waals surface area contributed by atoms with Crippen molar-refractivity contribution in [3.8, 4) is 0 Å². The first-order chi connectivity index (χ1) is 10.0. The standard InChI is InChI=1S/C14H18N4O3/c1-2-3-4-9(15)12(19)16-8-5-6-10-11(7-8)18-14(21)13(20)17-10/h5-7,9H,2-4,15H2,1H3,(H,16,19)(H,17,20)(H,18,21). The minimum Gasteiger partial charge on any atom is -0.325 e. The normalized spacial score (nSPS) is 12.3. The molecule has 0 saturated carbocycles. The number of nitrogens with two attached hydrogens (primary N) is 1. The summed E-state index contributed by atoms with van der Waals surface area (Å²) in [6, 6.07) is 4.27. The summed E-state index contributed by atoms with van der Waals surface area (Å²) in [7, 11) is 0. The second kappa shape index (κ2) is 6.36. The quantitative estimate of drug-likeness (QED) is 0.605. The highest BCUT2D eigenvalue weighted by Gasteiger charge is 2.13. The predicted molar refractivity (Wildman–Crippen MR) is 81.3 cm³/mol. The Morgan fingerprint density at radius 1 is 1.24 bits per heavy atom. The van der Waals surface area contributed by atoms with Gasteiger partial charge in [-0.15, -0.1) is 0 Å². The molecule has 7 nitrogen and oxygen atoms in total. The van der Waals surface area contributed by atoms with Crippen LogP contribution in [0.2, 0.25) is 0 Å². The maximum atomic E-state index is 11.9. The molecule has 0 radical (unpaired) electrons. The Morgan fingerprint density at radius 3 is 2.57 bits per heavy atom. The van der Waals surface area contributed by atoms with Crippen LogP contribution >= 0.6 is 0 Å². The van der Waals surface area contributed by atoms with Crippen LogP contribution in [0.15, 0.2) is 27.8 Å². The maximum Gasteiger partial charge on any atom is 0.314 e. The van der Waals surface area contributed by atoms with E-state index in [1.165, 1.54) is 0 Å². The second-order valence-electron chi connectivity index (χ2n) is 4.91. The molecule has 112 valence electrons. The average Bonchev–Trinajstić information content (AvgIpc) is 2.46. The smallest absolute Gasteiger partial charge is 0.314 e. The number of carbonyl (C=O) groups excluding carboxylic acids is 1. The summed E-state index contributed by atoms with van der Waals surface area (Å²) < 4.78 is 0. The van der Waals surface area contributed by atoms with E-state index in [4.69, 9.17) is 5.73 Å². The van der Waals surface area contributed by atoms with E-state index in [9.17, 15) is 14.4 Å². The van der Waals surface area contributed by atoms with Gasteiger partial charge in [-0.25, -0.2) is 0 Å². The van der Waals surface area contributed by atoms with Crippen LogP contribution in [0, 0.1) is 0 Å². The third-order valence-electron chi connectivity index (χ3n) is 3.20. The summed E-state index contributed by atoms with van der Waals surface area (Å²) >= 11 is 0. The molecule has 7 heteroatoms. The number of aromatic amines is 2. The number of nitrogens with one attached hydrogen (secondary N) is 3. The van der Waals surface area contributed by atoms with E-state index in [1.54, 1.807) is 18.2 Å². The Balaban J connectivity index is 2.19. The van der Waals surface area contributed by atoms with Crippen molar-refractivity contribution in [1.82, 2.24) is 9.97 Å². The van der Waals surface area contributed by atoms with Gasteiger partial charge in [0.2, 0.25) is 5.91 Å². The number of hydrogen-bond donors (Lipinski definition) is 4. The molecule has 0 aliphatic rings. The highest BCUT2D eigenvalue weighted by atomic mass is 16.2. The molecule has 0 fully saturated rings. The molecular weight excluding hydrogens is 272 g/mol. The highest BCUT2D eigenvalue weighted by Crippen LogP contribution is 2.14. The summed E-state index contributed by atoms with van der Waals surface area (Å²) in [5.74, 6) is -0.269. The number of carbonyl (C=O) groups is 1. The molecule has 0 spiro atoms. The van der Waals surface area contributed by atoms with Gasteiger partial charge in [0, 0.05) is 5.69 Å². The zero-order chi connectivity index (χ0) is 15.4.